The molecule has 1 aromatic heterocycles. The Morgan fingerprint density at radius 1 is 1.31 bits per heavy atom. The summed E-state index contributed by atoms with van der Waals surface area (Å²) in [5.41, 5.74) is 1.14. The van der Waals surface area contributed by atoms with Crippen LogP contribution in [-0.4, -0.2) is 11.7 Å². The second-order valence-electron chi connectivity index (χ2n) is 4.96. The first-order valence-corrected chi connectivity index (χ1v) is 6.47. The van der Waals surface area contributed by atoms with Crippen molar-refractivity contribution in [2.75, 3.05) is 6.54 Å². The van der Waals surface area contributed by atoms with E-state index in [1.54, 1.807) is 12.5 Å². The molecule has 0 aromatic carbocycles. The van der Waals surface area contributed by atoms with Crippen molar-refractivity contribution in [3.63, 3.8) is 0 Å². The summed E-state index contributed by atoms with van der Waals surface area (Å²) in [4.78, 5) is 0. The molecule has 0 amide bonds. The van der Waals surface area contributed by atoms with E-state index in [4.69, 9.17) is 4.52 Å². The van der Waals surface area contributed by atoms with Crippen molar-refractivity contribution in [3.8, 4) is 0 Å². The summed E-state index contributed by atoms with van der Waals surface area (Å²) >= 11 is 0. The fraction of sp³-hybridized carbons (Fsp3) is 0.769. The zero-order chi connectivity index (χ0) is 11.2. The fourth-order valence-corrected chi connectivity index (χ4v) is 2.58. The van der Waals surface area contributed by atoms with Crippen LogP contribution in [0.5, 0.6) is 0 Å². The summed E-state index contributed by atoms with van der Waals surface area (Å²) in [7, 11) is 0. The first-order valence-electron chi connectivity index (χ1n) is 6.47. The monoisotopic (exact) mass is 222 g/mol. The Bertz CT molecular complexity index is 276. The average molecular weight is 222 g/mol. The van der Waals surface area contributed by atoms with Crippen LogP contribution in [0.2, 0.25) is 0 Å². The molecule has 0 saturated heterocycles. The number of hydrogen-bond donors (Lipinski definition) is 1. The molecule has 1 aliphatic rings. The van der Waals surface area contributed by atoms with E-state index in [0.717, 1.165) is 30.5 Å². The zero-order valence-electron chi connectivity index (χ0n) is 10.1. The van der Waals surface area contributed by atoms with E-state index >= 15 is 0 Å². The summed E-state index contributed by atoms with van der Waals surface area (Å²) < 4.78 is 4.80. The number of hydrogen-bond acceptors (Lipinski definition) is 3. The van der Waals surface area contributed by atoms with E-state index < -0.39 is 0 Å². The Morgan fingerprint density at radius 2 is 2.06 bits per heavy atom. The van der Waals surface area contributed by atoms with E-state index in [9.17, 15) is 0 Å². The summed E-state index contributed by atoms with van der Waals surface area (Å²) in [6.45, 7) is 4.34. The Hall–Kier alpha value is -0.830. The predicted octanol–water partition coefficient (Wildman–Crippen LogP) is 2.98. The second kappa shape index (κ2) is 6.04. The fourth-order valence-electron chi connectivity index (χ4n) is 2.58. The molecule has 1 saturated carbocycles. The van der Waals surface area contributed by atoms with Crippen LogP contribution in [0, 0.1) is 11.8 Å². The Morgan fingerprint density at radius 3 is 2.69 bits per heavy atom. The molecule has 1 N–H and O–H groups in total. The van der Waals surface area contributed by atoms with Crippen LogP contribution in [0.15, 0.2) is 17.0 Å². The van der Waals surface area contributed by atoms with Crippen LogP contribution < -0.4 is 5.32 Å². The molecule has 0 radical (unpaired) electrons. The summed E-state index contributed by atoms with van der Waals surface area (Å²) in [5, 5.41) is 7.18. The highest BCUT2D eigenvalue weighted by atomic mass is 16.5. The first-order chi connectivity index (χ1) is 7.88. The number of nitrogens with one attached hydrogen (secondary N) is 1. The standard InChI is InChI=1S/C13H22N2O/c1-2-11-3-5-12(6-4-11)7-14-8-13-9-15-16-10-13/h9-12,14H,2-8H2,1H3. The highest BCUT2D eigenvalue weighted by Crippen LogP contribution is 2.30. The normalized spacial score (nSPS) is 25.8. The van der Waals surface area contributed by atoms with Gasteiger partial charge in [-0.05, 0) is 31.2 Å². The largest absolute Gasteiger partial charge is 0.364 e. The van der Waals surface area contributed by atoms with Gasteiger partial charge in [0.15, 0.2) is 0 Å². The quantitative estimate of drug-likeness (QED) is 0.832. The van der Waals surface area contributed by atoms with Gasteiger partial charge in [-0.1, -0.05) is 31.3 Å². The highest BCUT2D eigenvalue weighted by Gasteiger charge is 2.19. The molecule has 0 atom stereocenters. The van der Waals surface area contributed by atoms with Crippen molar-refractivity contribution in [3.05, 3.63) is 18.0 Å². The van der Waals surface area contributed by atoms with Crippen LogP contribution in [-0.2, 0) is 6.54 Å². The molecule has 16 heavy (non-hydrogen) atoms. The lowest BCUT2D eigenvalue weighted by atomic mass is 9.81. The third kappa shape index (κ3) is 3.34. The minimum absolute atomic E-state index is 0.877. The molecule has 90 valence electrons. The van der Waals surface area contributed by atoms with Gasteiger partial charge in [0, 0.05) is 12.1 Å². The molecule has 3 heteroatoms. The zero-order valence-corrected chi connectivity index (χ0v) is 10.1. The lowest BCUT2D eigenvalue weighted by Crippen LogP contribution is -2.26. The Balaban J connectivity index is 1.60. The number of aromatic nitrogens is 1. The molecular formula is C13H22N2O. The summed E-state index contributed by atoms with van der Waals surface area (Å²) in [6, 6.07) is 0. The van der Waals surface area contributed by atoms with Crippen molar-refractivity contribution < 1.29 is 4.52 Å². The molecule has 3 nitrogen and oxygen atoms in total. The first kappa shape index (κ1) is 11.6. The van der Waals surface area contributed by atoms with Gasteiger partial charge in [-0.25, -0.2) is 0 Å². The molecule has 1 fully saturated rings. The third-order valence-corrected chi connectivity index (χ3v) is 3.79. The van der Waals surface area contributed by atoms with Crippen molar-refractivity contribution >= 4 is 0 Å². The van der Waals surface area contributed by atoms with E-state index in [1.807, 2.05) is 0 Å². The van der Waals surface area contributed by atoms with Gasteiger partial charge in [0.2, 0.25) is 0 Å². The Labute approximate surface area is 97.6 Å². The lowest BCUT2D eigenvalue weighted by molar-refractivity contribution is 0.262. The Kier molecular flexibility index (Phi) is 4.40. The predicted molar refractivity (Wildman–Crippen MR) is 63.9 cm³/mol. The molecule has 1 aliphatic carbocycles. The maximum atomic E-state index is 4.80. The van der Waals surface area contributed by atoms with Crippen LogP contribution >= 0.6 is 0 Å². The van der Waals surface area contributed by atoms with Gasteiger partial charge in [0.05, 0.1) is 6.20 Å². The summed E-state index contributed by atoms with van der Waals surface area (Å²) in [5.74, 6) is 1.87. The van der Waals surface area contributed by atoms with E-state index in [-0.39, 0.29) is 0 Å². The smallest absolute Gasteiger partial charge is 0.128 e. The van der Waals surface area contributed by atoms with Crippen LogP contribution in [0.25, 0.3) is 0 Å². The van der Waals surface area contributed by atoms with Crippen molar-refractivity contribution in [1.29, 1.82) is 0 Å². The van der Waals surface area contributed by atoms with Gasteiger partial charge in [-0.2, -0.15) is 0 Å². The van der Waals surface area contributed by atoms with E-state index in [0.29, 0.717) is 0 Å². The van der Waals surface area contributed by atoms with Crippen molar-refractivity contribution in [2.45, 2.75) is 45.6 Å². The molecular weight excluding hydrogens is 200 g/mol. The lowest BCUT2D eigenvalue weighted by Gasteiger charge is -2.27. The van der Waals surface area contributed by atoms with Gasteiger partial charge in [0.25, 0.3) is 0 Å². The molecule has 1 aromatic rings. The molecule has 0 unspecified atom stereocenters. The van der Waals surface area contributed by atoms with Crippen LogP contribution in [0.3, 0.4) is 0 Å². The minimum atomic E-state index is 0.877. The maximum Gasteiger partial charge on any atom is 0.128 e. The molecule has 1 heterocycles. The molecule has 2 rings (SSSR count). The summed E-state index contributed by atoms with van der Waals surface area (Å²) in [6.07, 6.45) is 10.5. The number of nitrogens with zero attached hydrogens (tertiary/aromatic N) is 1. The van der Waals surface area contributed by atoms with Gasteiger partial charge in [-0.15, -0.1) is 0 Å². The van der Waals surface area contributed by atoms with Gasteiger partial charge >= 0.3 is 0 Å². The van der Waals surface area contributed by atoms with Gasteiger partial charge < -0.3 is 9.84 Å². The topological polar surface area (TPSA) is 38.1 Å². The van der Waals surface area contributed by atoms with Gasteiger partial charge in [0.1, 0.15) is 6.26 Å². The SMILES string of the molecule is CCC1CCC(CNCc2cnoc2)CC1. The molecule has 0 aliphatic heterocycles. The molecule has 0 spiro atoms. The second-order valence-corrected chi connectivity index (χ2v) is 4.96. The minimum Gasteiger partial charge on any atom is -0.364 e. The average Bonchev–Trinajstić information content (AvgIpc) is 2.83. The van der Waals surface area contributed by atoms with Crippen molar-refractivity contribution in [1.82, 2.24) is 10.5 Å². The third-order valence-electron chi connectivity index (χ3n) is 3.79. The highest BCUT2D eigenvalue weighted by molar-refractivity contribution is 4.99. The van der Waals surface area contributed by atoms with Gasteiger partial charge in [-0.3, -0.25) is 0 Å². The molecule has 0 bridgehead atoms. The van der Waals surface area contributed by atoms with Crippen LogP contribution in [0.1, 0.15) is 44.6 Å². The van der Waals surface area contributed by atoms with E-state index in [2.05, 4.69) is 17.4 Å². The van der Waals surface area contributed by atoms with Crippen molar-refractivity contribution in [2.24, 2.45) is 11.8 Å². The number of rotatable bonds is 5. The maximum absolute atomic E-state index is 4.80. The van der Waals surface area contributed by atoms with E-state index in [1.165, 1.54) is 32.1 Å². The van der Waals surface area contributed by atoms with Crippen LogP contribution in [0.4, 0.5) is 0 Å².